The molecule has 6 nitrogen and oxygen atoms in total. The molecule has 3 N–H and O–H groups in total. The predicted molar refractivity (Wildman–Crippen MR) is 64.6 cm³/mol. The average molecular weight is 248 g/mol. The summed E-state index contributed by atoms with van der Waals surface area (Å²) in [6.45, 7) is 1.72. The minimum absolute atomic E-state index is 0.339. The fourth-order valence-electron chi connectivity index (χ4n) is 2.31. The first-order valence-electron chi connectivity index (χ1n) is 5.94. The van der Waals surface area contributed by atoms with Crippen molar-refractivity contribution in [1.82, 2.24) is 15.3 Å². The first-order chi connectivity index (χ1) is 8.55. The fourth-order valence-corrected chi connectivity index (χ4v) is 2.31. The highest BCUT2D eigenvalue weighted by Gasteiger charge is 2.41. The Bertz CT molecular complexity index is 481. The van der Waals surface area contributed by atoms with E-state index in [1.54, 1.807) is 6.92 Å². The predicted octanol–water partition coefficient (Wildman–Crippen LogP) is 0.313. The van der Waals surface area contributed by atoms with Gasteiger partial charge >= 0.3 is 0 Å². The zero-order valence-corrected chi connectivity index (χ0v) is 10.3. The number of hydrogen-bond acceptors (Lipinski definition) is 4. The molecule has 0 radical (unpaired) electrons. The lowest BCUT2D eigenvalue weighted by Gasteiger charge is -2.26. The van der Waals surface area contributed by atoms with E-state index in [2.05, 4.69) is 15.3 Å². The Morgan fingerprint density at radius 1 is 1.39 bits per heavy atom. The van der Waals surface area contributed by atoms with Crippen LogP contribution >= 0.6 is 0 Å². The maximum absolute atomic E-state index is 12.1. The first kappa shape index (κ1) is 12.5. The van der Waals surface area contributed by atoms with E-state index in [-0.39, 0.29) is 5.91 Å². The van der Waals surface area contributed by atoms with Crippen molar-refractivity contribution < 1.29 is 9.59 Å². The SMILES string of the molecule is Cc1ncncc1C(=O)NC1(C(N)=O)CCCC1. The molecule has 0 bridgehead atoms. The molecule has 1 aromatic rings. The van der Waals surface area contributed by atoms with Gasteiger partial charge in [0.15, 0.2) is 0 Å². The summed E-state index contributed by atoms with van der Waals surface area (Å²) >= 11 is 0. The Kier molecular flexibility index (Phi) is 3.27. The molecule has 0 saturated heterocycles. The van der Waals surface area contributed by atoms with Gasteiger partial charge in [-0.2, -0.15) is 0 Å². The third kappa shape index (κ3) is 2.18. The monoisotopic (exact) mass is 248 g/mol. The summed E-state index contributed by atoms with van der Waals surface area (Å²) in [5, 5.41) is 2.76. The highest BCUT2D eigenvalue weighted by molar-refractivity contribution is 5.99. The summed E-state index contributed by atoms with van der Waals surface area (Å²) in [4.78, 5) is 31.5. The van der Waals surface area contributed by atoms with Crippen LogP contribution in [0, 0.1) is 6.92 Å². The van der Waals surface area contributed by atoms with Gasteiger partial charge < -0.3 is 11.1 Å². The zero-order valence-electron chi connectivity index (χ0n) is 10.3. The Balaban J connectivity index is 2.21. The van der Waals surface area contributed by atoms with Crippen LogP contribution in [0.3, 0.4) is 0 Å². The normalized spacial score (nSPS) is 17.4. The maximum atomic E-state index is 12.1. The molecule has 0 spiro atoms. The van der Waals surface area contributed by atoms with E-state index in [1.807, 2.05) is 0 Å². The fraction of sp³-hybridized carbons (Fsp3) is 0.500. The molecule has 1 heterocycles. The van der Waals surface area contributed by atoms with Crippen molar-refractivity contribution in [3.63, 3.8) is 0 Å². The average Bonchev–Trinajstić information content (AvgIpc) is 2.79. The van der Waals surface area contributed by atoms with Crippen LogP contribution in [0.25, 0.3) is 0 Å². The summed E-state index contributed by atoms with van der Waals surface area (Å²) in [5.74, 6) is -0.809. The van der Waals surface area contributed by atoms with Gasteiger partial charge in [-0.25, -0.2) is 9.97 Å². The van der Waals surface area contributed by atoms with Crippen molar-refractivity contribution in [1.29, 1.82) is 0 Å². The Labute approximate surface area is 105 Å². The van der Waals surface area contributed by atoms with Crippen molar-refractivity contribution in [3.8, 4) is 0 Å². The second kappa shape index (κ2) is 4.72. The quantitative estimate of drug-likeness (QED) is 0.804. The molecule has 2 amide bonds. The summed E-state index contributed by atoms with van der Waals surface area (Å²) in [6, 6.07) is 0. The summed E-state index contributed by atoms with van der Waals surface area (Å²) in [5.41, 5.74) is 5.47. The number of nitrogens with one attached hydrogen (secondary N) is 1. The van der Waals surface area contributed by atoms with Gasteiger partial charge in [0, 0.05) is 6.20 Å². The molecule has 0 aliphatic heterocycles. The van der Waals surface area contributed by atoms with E-state index in [0.717, 1.165) is 12.8 Å². The molecular formula is C12H16N4O2. The Morgan fingerprint density at radius 2 is 2.06 bits per heavy atom. The van der Waals surface area contributed by atoms with Gasteiger partial charge in [0.1, 0.15) is 11.9 Å². The first-order valence-corrected chi connectivity index (χ1v) is 5.94. The standard InChI is InChI=1S/C12H16N4O2/c1-8-9(6-14-7-15-8)10(17)16-12(11(13)18)4-2-3-5-12/h6-7H,2-5H2,1H3,(H2,13,18)(H,16,17). The van der Waals surface area contributed by atoms with Crippen molar-refractivity contribution >= 4 is 11.8 Å². The van der Waals surface area contributed by atoms with Crippen LogP contribution < -0.4 is 11.1 Å². The van der Waals surface area contributed by atoms with E-state index in [9.17, 15) is 9.59 Å². The van der Waals surface area contributed by atoms with Crippen LogP contribution in [0.4, 0.5) is 0 Å². The van der Waals surface area contributed by atoms with Crippen LogP contribution in [0.1, 0.15) is 41.7 Å². The smallest absolute Gasteiger partial charge is 0.255 e. The van der Waals surface area contributed by atoms with Gasteiger partial charge in [0.05, 0.1) is 11.3 Å². The number of aromatic nitrogens is 2. The van der Waals surface area contributed by atoms with Crippen molar-refractivity contribution in [3.05, 3.63) is 23.8 Å². The molecule has 1 fully saturated rings. The van der Waals surface area contributed by atoms with Crippen molar-refractivity contribution in [2.75, 3.05) is 0 Å². The molecular weight excluding hydrogens is 232 g/mol. The van der Waals surface area contributed by atoms with Crippen LogP contribution in [-0.2, 0) is 4.79 Å². The number of hydrogen-bond donors (Lipinski definition) is 2. The lowest BCUT2D eigenvalue weighted by atomic mass is 9.96. The van der Waals surface area contributed by atoms with Gasteiger partial charge in [-0.3, -0.25) is 9.59 Å². The molecule has 6 heteroatoms. The topological polar surface area (TPSA) is 98.0 Å². The summed E-state index contributed by atoms with van der Waals surface area (Å²) in [7, 11) is 0. The number of amides is 2. The lowest BCUT2D eigenvalue weighted by molar-refractivity contribution is -0.123. The molecule has 0 atom stereocenters. The molecule has 96 valence electrons. The number of nitrogens with zero attached hydrogens (tertiary/aromatic N) is 2. The van der Waals surface area contributed by atoms with Gasteiger partial charge in [-0.05, 0) is 19.8 Å². The van der Waals surface area contributed by atoms with Crippen LogP contribution in [0.15, 0.2) is 12.5 Å². The highest BCUT2D eigenvalue weighted by Crippen LogP contribution is 2.29. The Hall–Kier alpha value is -1.98. The maximum Gasteiger partial charge on any atom is 0.255 e. The van der Waals surface area contributed by atoms with Gasteiger partial charge in [-0.1, -0.05) is 12.8 Å². The van der Waals surface area contributed by atoms with Gasteiger partial charge in [-0.15, -0.1) is 0 Å². The molecule has 2 rings (SSSR count). The lowest BCUT2D eigenvalue weighted by Crippen LogP contribution is -2.55. The third-order valence-corrected chi connectivity index (χ3v) is 3.44. The molecule has 1 saturated carbocycles. The van der Waals surface area contributed by atoms with Gasteiger partial charge in [0.2, 0.25) is 5.91 Å². The van der Waals surface area contributed by atoms with Crippen LogP contribution in [0.5, 0.6) is 0 Å². The van der Waals surface area contributed by atoms with Crippen LogP contribution in [0.2, 0.25) is 0 Å². The van der Waals surface area contributed by atoms with E-state index in [1.165, 1.54) is 12.5 Å². The largest absolute Gasteiger partial charge is 0.368 e. The van der Waals surface area contributed by atoms with Gasteiger partial charge in [0.25, 0.3) is 5.91 Å². The number of carbonyl (C=O) groups excluding carboxylic acids is 2. The van der Waals surface area contributed by atoms with E-state index >= 15 is 0 Å². The van der Waals surface area contributed by atoms with E-state index < -0.39 is 11.4 Å². The minimum Gasteiger partial charge on any atom is -0.368 e. The van der Waals surface area contributed by atoms with E-state index in [0.29, 0.717) is 24.1 Å². The van der Waals surface area contributed by atoms with Crippen LogP contribution in [-0.4, -0.2) is 27.3 Å². The molecule has 1 aliphatic carbocycles. The number of carbonyl (C=O) groups is 2. The molecule has 18 heavy (non-hydrogen) atoms. The number of aryl methyl sites for hydroxylation is 1. The van der Waals surface area contributed by atoms with Crippen molar-refractivity contribution in [2.45, 2.75) is 38.1 Å². The summed E-state index contributed by atoms with van der Waals surface area (Å²) < 4.78 is 0. The van der Waals surface area contributed by atoms with E-state index in [4.69, 9.17) is 5.73 Å². The highest BCUT2D eigenvalue weighted by atomic mass is 16.2. The van der Waals surface area contributed by atoms with Crippen molar-refractivity contribution in [2.24, 2.45) is 5.73 Å². The second-order valence-corrected chi connectivity index (χ2v) is 4.63. The zero-order chi connectivity index (χ0) is 13.2. The molecule has 1 aromatic heterocycles. The summed E-state index contributed by atoms with van der Waals surface area (Å²) in [6.07, 6.45) is 5.81. The minimum atomic E-state index is -0.903. The molecule has 1 aliphatic rings. The third-order valence-electron chi connectivity index (χ3n) is 3.44. The Morgan fingerprint density at radius 3 is 2.61 bits per heavy atom. The molecule has 0 unspecified atom stereocenters. The second-order valence-electron chi connectivity index (χ2n) is 4.63. The number of primary amides is 1. The molecule has 0 aromatic carbocycles. The number of rotatable bonds is 3. The number of nitrogens with two attached hydrogens (primary N) is 1.